The number of carbonyl (C=O) groups excluding carboxylic acids is 1. The number of hydrogen-bond donors (Lipinski definition) is 2. The summed E-state index contributed by atoms with van der Waals surface area (Å²) in [5.74, 6) is 1.64. The maximum Gasteiger partial charge on any atom is 0.228 e. The zero-order valence-corrected chi connectivity index (χ0v) is 14.5. The fraction of sp³-hybridized carbons (Fsp3) is 0.588. The minimum Gasteiger partial charge on any atom is -0.493 e. The molecule has 0 aromatic heterocycles. The molecule has 1 aromatic rings. The van der Waals surface area contributed by atoms with E-state index in [1.54, 1.807) is 7.11 Å². The number of amides is 1. The lowest BCUT2D eigenvalue weighted by Crippen LogP contribution is -2.31. The minimum absolute atomic E-state index is 0. The maximum atomic E-state index is 12.5. The second kappa shape index (κ2) is 7.41. The van der Waals surface area contributed by atoms with Crippen LogP contribution < -0.4 is 20.1 Å². The summed E-state index contributed by atoms with van der Waals surface area (Å²) in [5, 5.41) is 6.39. The molecule has 1 amide bonds. The summed E-state index contributed by atoms with van der Waals surface area (Å²) in [5.41, 5.74) is 1.02. The van der Waals surface area contributed by atoms with Crippen molar-refractivity contribution in [2.45, 2.75) is 26.2 Å². The lowest BCUT2D eigenvalue weighted by atomic mass is 9.92. The Labute approximate surface area is 143 Å². The molecule has 1 aromatic carbocycles. The molecule has 1 heterocycles. The smallest absolute Gasteiger partial charge is 0.228 e. The van der Waals surface area contributed by atoms with E-state index in [0.29, 0.717) is 18.1 Å². The number of carbonyl (C=O) groups is 1. The zero-order chi connectivity index (χ0) is 15.6. The fourth-order valence-electron chi connectivity index (χ4n) is 3.45. The average Bonchev–Trinajstić information content (AvgIpc) is 3.23. The Hall–Kier alpha value is -1.46. The van der Waals surface area contributed by atoms with Gasteiger partial charge in [0.2, 0.25) is 5.91 Å². The summed E-state index contributed by atoms with van der Waals surface area (Å²) in [6.45, 7) is 4.57. The van der Waals surface area contributed by atoms with Crippen molar-refractivity contribution >= 4 is 24.0 Å². The Morgan fingerprint density at radius 1 is 1.35 bits per heavy atom. The molecule has 1 atom stereocenters. The van der Waals surface area contributed by atoms with Gasteiger partial charge >= 0.3 is 0 Å². The first kappa shape index (κ1) is 17.9. The molecule has 1 spiro atoms. The number of ether oxygens (including phenoxy) is 2. The van der Waals surface area contributed by atoms with Crippen molar-refractivity contribution in [3.63, 3.8) is 0 Å². The van der Waals surface area contributed by atoms with E-state index in [-0.39, 0.29) is 29.6 Å². The Morgan fingerprint density at radius 2 is 2.09 bits per heavy atom. The highest BCUT2D eigenvalue weighted by Gasteiger charge is 2.57. The van der Waals surface area contributed by atoms with Crippen LogP contribution >= 0.6 is 12.4 Å². The van der Waals surface area contributed by atoms with Crippen LogP contribution in [0, 0.1) is 11.3 Å². The predicted molar refractivity (Wildman–Crippen MR) is 92.7 cm³/mol. The van der Waals surface area contributed by atoms with Gasteiger partial charge in [-0.2, -0.15) is 0 Å². The third kappa shape index (κ3) is 3.72. The molecule has 23 heavy (non-hydrogen) atoms. The second-order valence-electron chi connectivity index (χ2n) is 6.16. The number of halogens is 1. The summed E-state index contributed by atoms with van der Waals surface area (Å²) < 4.78 is 10.8. The van der Waals surface area contributed by atoms with Crippen LogP contribution in [0.3, 0.4) is 0 Å². The van der Waals surface area contributed by atoms with Gasteiger partial charge in [0, 0.05) is 17.7 Å². The van der Waals surface area contributed by atoms with Gasteiger partial charge in [0.25, 0.3) is 0 Å². The van der Waals surface area contributed by atoms with E-state index in [0.717, 1.165) is 38.0 Å². The van der Waals surface area contributed by atoms with Crippen molar-refractivity contribution < 1.29 is 14.3 Å². The molecule has 1 aliphatic carbocycles. The van der Waals surface area contributed by atoms with Gasteiger partial charge in [-0.1, -0.05) is 0 Å². The van der Waals surface area contributed by atoms with E-state index in [4.69, 9.17) is 9.47 Å². The molecule has 1 saturated carbocycles. The fourth-order valence-corrected chi connectivity index (χ4v) is 3.45. The molecule has 2 aliphatic rings. The van der Waals surface area contributed by atoms with Gasteiger partial charge in [-0.3, -0.25) is 4.79 Å². The Morgan fingerprint density at radius 3 is 2.74 bits per heavy atom. The van der Waals surface area contributed by atoms with E-state index in [2.05, 4.69) is 10.6 Å². The molecule has 128 valence electrons. The first-order valence-electron chi connectivity index (χ1n) is 8.01. The van der Waals surface area contributed by atoms with Gasteiger partial charge in [0.05, 0.1) is 13.7 Å². The van der Waals surface area contributed by atoms with Crippen molar-refractivity contribution in [3.05, 3.63) is 18.2 Å². The topological polar surface area (TPSA) is 59.6 Å². The standard InChI is InChI=1S/C17H24N2O3.ClH/c1-3-22-14-5-4-12(10-15(14)21-2)19-16(20)13-11-17(13)6-8-18-9-7-17;/h4-5,10,13,18H,3,6-9,11H2,1-2H3,(H,19,20);1H. The molecule has 1 unspecified atom stereocenters. The van der Waals surface area contributed by atoms with Crippen LogP contribution in [0.5, 0.6) is 11.5 Å². The van der Waals surface area contributed by atoms with Crippen molar-refractivity contribution in [1.29, 1.82) is 0 Å². The molecular weight excluding hydrogens is 316 g/mol. The molecule has 1 aliphatic heterocycles. The minimum atomic E-state index is 0. The van der Waals surface area contributed by atoms with Crippen molar-refractivity contribution in [2.75, 3.05) is 32.1 Å². The first-order chi connectivity index (χ1) is 10.7. The summed E-state index contributed by atoms with van der Waals surface area (Å²) in [6.07, 6.45) is 3.24. The molecule has 2 N–H and O–H groups in total. The highest BCUT2D eigenvalue weighted by atomic mass is 35.5. The molecular formula is C17H25ClN2O3. The van der Waals surface area contributed by atoms with E-state index >= 15 is 0 Å². The van der Waals surface area contributed by atoms with Crippen LogP contribution in [-0.2, 0) is 4.79 Å². The lowest BCUT2D eigenvalue weighted by Gasteiger charge is -2.23. The van der Waals surface area contributed by atoms with E-state index in [9.17, 15) is 4.79 Å². The van der Waals surface area contributed by atoms with Gasteiger partial charge in [-0.05, 0) is 56.8 Å². The average molecular weight is 341 g/mol. The number of nitrogens with one attached hydrogen (secondary N) is 2. The van der Waals surface area contributed by atoms with Crippen LogP contribution in [0.4, 0.5) is 5.69 Å². The van der Waals surface area contributed by atoms with Crippen LogP contribution in [-0.4, -0.2) is 32.7 Å². The zero-order valence-electron chi connectivity index (χ0n) is 13.7. The molecule has 5 nitrogen and oxygen atoms in total. The monoisotopic (exact) mass is 340 g/mol. The summed E-state index contributed by atoms with van der Waals surface area (Å²) in [4.78, 5) is 12.5. The Bertz CT molecular complexity index is 559. The number of methoxy groups -OCH3 is 1. The quantitative estimate of drug-likeness (QED) is 0.865. The van der Waals surface area contributed by atoms with E-state index in [1.165, 1.54) is 0 Å². The number of rotatable bonds is 5. The SMILES string of the molecule is CCOc1ccc(NC(=O)C2CC23CCNCC3)cc1OC.Cl. The van der Waals surface area contributed by atoms with E-state index in [1.807, 2.05) is 25.1 Å². The molecule has 1 saturated heterocycles. The Kier molecular flexibility index (Phi) is 5.76. The molecule has 6 heteroatoms. The van der Waals surface area contributed by atoms with Gasteiger partial charge in [0.15, 0.2) is 11.5 Å². The number of benzene rings is 1. The van der Waals surface area contributed by atoms with Crippen LogP contribution in [0.25, 0.3) is 0 Å². The number of anilines is 1. The lowest BCUT2D eigenvalue weighted by molar-refractivity contribution is -0.118. The molecule has 2 fully saturated rings. The Balaban J connectivity index is 0.00000192. The summed E-state index contributed by atoms with van der Waals surface area (Å²) in [6, 6.07) is 5.52. The van der Waals surface area contributed by atoms with Gasteiger partial charge in [-0.25, -0.2) is 0 Å². The van der Waals surface area contributed by atoms with Gasteiger partial charge < -0.3 is 20.1 Å². The largest absolute Gasteiger partial charge is 0.493 e. The third-order valence-corrected chi connectivity index (χ3v) is 4.84. The molecule has 3 rings (SSSR count). The molecule has 0 bridgehead atoms. The first-order valence-corrected chi connectivity index (χ1v) is 8.01. The second-order valence-corrected chi connectivity index (χ2v) is 6.16. The molecule has 0 radical (unpaired) electrons. The number of piperidine rings is 1. The van der Waals surface area contributed by atoms with Crippen LogP contribution in [0.1, 0.15) is 26.2 Å². The third-order valence-electron chi connectivity index (χ3n) is 4.84. The van der Waals surface area contributed by atoms with Gasteiger partial charge in [0.1, 0.15) is 0 Å². The van der Waals surface area contributed by atoms with Crippen LogP contribution in [0.2, 0.25) is 0 Å². The van der Waals surface area contributed by atoms with E-state index < -0.39 is 0 Å². The normalized spacial score (nSPS) is 21.2. The highest BCUT2D eigenvalue weighted by molar-refractivity contribution is 5.95. The predicted octanol–water partition coefficient (Wildman–Crippen LogP) is 2.84. The summed E-state index contributed by atoms with van der Waals surface area (Å²) >= 11 is 0. The van der Waals surface area contributed by atoms with Gasteiger partial charge in [-0.15, -0.1) is 12.4 Å². The summed E-state index contributed by atoms with van der Waals surface area (Å²) in [7, 11) is 1.61. The van der Waals surface area contributed by atoms with Crippen LogP contribution in [0.15, 0.2) is 18.2 Å². The van der Waals surface area contributed by atoms with Crippen molar-refractivity contribution in [3.8, 4) is 11.5 Å². The van der Waals surface area contributed by atoms with Crippen molar-refractivity contribution in [2.24, 2.45) is 11.3 Å². The number of hydrogen-bond acceptors (Lipinski definition) is 4. The van der Waals surface area contributed by atoms with Crippen molar-refractivity contribution in [1.82, 2.24) is 5.32 Å². The highest BCUT2D eigenvalue weighted by Crippen LogP contribution is 2.58. The maximum absolute atomic E-state index is 12.5.